The van der Waals surface area contributed by atoms with Crippen molar-refractivity contribution in [3.63, 3.8) is 0 Å². The standard InChI is InChI=1S/C18H25NO5.C16H16FNO2/c1-18(2,3)24-17(20)19-8-4-5-13(10-19)11-21-14-6-7-15-16(9-14)23-12-22-15;1-20-15-9-5-3-7-13(15)11-18-16(19)10-12-6-2-4-8-14(12)17/h6-7,9,13H,4-5,8,10-12H2,1-3H3;2-9H,10-11H2,1H3,(H,18,19). The molecule has 1 fully saturated rings. The molecule has 5 rings (SSSR count). The summed E-state index contributed by atoms with van der Waals surface area (Å²) in [5, 5.41) is 2.76. The number of ether oxygens (including phenoxy) is 5. The first-order valence-electron chi connectivity index (χ1n) is 14.7. The Morgan fingerprint density at radius 1 is 1.00 bits per heavy atom. The Morgan fingerprint density at radius 3 is 2.48 bits per heavy atom. The van der Waals surface area contributed by atoms with Gasteiger partial charge in [-0.15, -0.1) is 0 Å². The Balaban J connectivity index is 0.000000204. The fourth-order valence-corrected chi connectivity index (χ4v) is 4.79. The zero-order valence-corrected chi connectivity index (χ0v) is 25.8. The minimum absolute atomic E-state index is 0.0296. The smallest absolute Gasteiger partial charge is 0.410 e. The Bertz CT molecular complexity index is 1410. The van der Waals surface area contributed by atoms with Gasteiger partial charge in [-0.3, -0.25) is 4.79 Å². The maximum absolute atomic E-state index is 13.4. The van der Waals surface area contributed by atoms with Crippen LogP contribution in [0.4, 0.5) is 9.18 Å². The van der Waals surface area contributed by atoms with Crippen LogP contribution in [0.25, 0.3) is 0 Å². The van der Waals surface area contributed by atoms with E-state index in [1.807, 2.05) is 63.2 Å². The molecule has 2 aliphatic rings. The Hall–Kier alpha value is -4.47. The molecular weight excluding hydrogens is 567 g/mol. The van der Waals surface area contributed by atoms with E-state index < -0.39 is 5.60 Å². The zero-order valence-electron chi connectivity index (χ0n) is 25.8. The molecule has 2 aliphatic heterocycles. The molecule has 0 bridgehead atoms. The van der Waals surface area contributed by atoms with Crippen LogP contribution in [0, 0.1) is 11.7 Å². The molecule has 0 spiro atoms. The third-order valence-corrected chi connectivity index (χ3v) is 6.98. The maximum atomic E-state index is 13.4. The number of hydrogen-bond donors (Lipinski definition) is 1. The summed E-state index contributed by atoms with van der Waals surface area (Å²) in [6.45, 7) is 8.25. The molecule has 0 saturated carbocycles. The molecule has 2 heterocycles. The summed E-state index contributed by atoms with van der Waals surface area (Å²) in [4.78, 5) is 25.8. The number of likely N-dealkylation sites (tertiary alicyclic amines) is 1. The van der Waals surface area contributed by atoms with Crippen molar-refractivity contribution in [3.05, 3.63) is 83.7 Å². The largest absolute Gasteiger partial charge is 0.496 e. The van der Waals surface area contributed by atoms with Crippen molar-refractivity contribution < 1.29 is 37.7 Å². The summed E-state index contributed by atoms with van der Waals surface area (Å²) >= 11 is 0. The van der Waals surface area contributed by atoms with Crippen LogP contribution in [0.1, 0.15) is 44.7 Å². The van der Waals surface area contributed by atoms with Crippen LogP contribution >= 0.6 is 0 Å². The minimum atomic E-state index is -0.465. The maximum Gasteiger partial charge on any atom is 0.410 e. The summed E-state index contributed by atoms with van der Waals surface area (Å²) < 4.78 is 40.6. The van der Waals surface area contributed by atoms with Gasteiger partial charge in [0.15, 0.2) is 11.5 Å². The lowest BCUT2D eigenvalue weighted by atomic mass is 9.99. The number of para-hydroxylation sites is 1. The summed E-state index contributed by atoms with van der Waals surface area (Å²) in [5.74, 6) is 2.66. The van der Waals surface area contributed by atoms with Crippen molar-refractivity contribution in [2.45, 2.75) is 52.2 Å². The highest BCUT2D eigenvalue weighted by atomic mass is 19.1. The van der Waals surface area contributed by atoms with E-state index in [1.54, 1.807) is 30.2 Å². The first-order chi connectivity index (χ1) is 21.1. The van der Waals surface area contributed by atoms with Crippen LogP contribution in [-0.4, -0.2) is 56.1 Å². The molecule has 0 aromatic heterocycles. The molecule has 0 aliphatic carbocycles. The van der Waals surface area contributed by atoms with Gasteiger partial charge in [0.2, 0.25) is 12.7 Å². The molecule has 44 heavy (non-hydrogen) atoms. The van der Waals surface area contributed by atoms with E-state index in [0.29, 0.717) is 36.9 Å². The van der Waals surface area contributed by atoms with E-state index in [9.17, 15) is 14.0 Å². The molecule has 1 N–H and O–H groups in total. The second-order valence-corrected chi connectivity index (χ2v) is 11.6. The van der Waals surface area contributed by atoms with Gasteiger partial charge in [0, 0.05) is 37.2 Å². The molecule has 1 unspecified atom stereocenters. The number of rotatable bonds is 8. The van der Waals surface area contributed by atoms with Crippen LogP contribution < -0.4 is 24.3 Å². The third-order valence-electron chi connectivity index (χ3n) is 6.98. The summed E-state index contributed by atoms with van der Waals surface area (Å²) in [6, 6.07) is 19.3. The van der Waals surface area contributed by atoms with Gasteiger partial charge < -0.3 is 33.9 Å². The molecule has 3 aromatic rings. The zero-order chi connectivity index (χ0) is 31.5. The van der Waals surface area contributed by atoms with E-state index >= 15 is 0 Å². The van der Waals surface area contributed by atoms with Crippen LogP contribution in [0.5, 0.6) is 23.0 Å². The summed E-state index contributed by atoms with van der Waals surface area (Å²) in [5.41, 5.74) is 0.814. The first kappa shape index (κ1) is 32.4. The predicted octanol–water partition coefficient (Wildman–Crippen LogP) is 6.13. The van der Waals surface area contributed by atoms with E-state index in [4.69, 9.17) is 23.7 Å². The molecule has 9 nitrogen and oxygen atoms in total. The van der Waals surface area contributed by atoms with Crippen LogP contribution in [0.2, 0.25) is 0 Å². The second kappa shape index (κ2) is 15.3. The third kappa shape index (κ3) is 9.79. The van der Waals surface area contributed by atoms with E-state index in [-0.39, 0.29) is 31.0 Å². The minimum Gasteiger partial charge on any atom is -0.496 e. The topological polar surface area (TPSA) is 95.6 Å². The van der Waals surface area contributed by atoms with Crippen LogP contribution in [-0.2, 0) is 22.5 Å². The number of fused-ring (bicyclic) bond motifs is 1. The normalized spacial score (nSPS) is 15.5. The van der Waals surface area contributed by atoms with Crippen molar-refractivity contribution >= 4 is 12.0 Å². The highest BCUT2D eigenvalue weighted by molar-refractivity contribution is 5.78. The van der Waals surface area contributed by atoms with Gasteiger partial charge in [0.25, 0.3) is 0 Å². The van der Waals surface area contributed by atoms with Crippen LogP contribution in [0.15, 0.2) is 66.7 Å². The number of benzene rings is 3. The number of methoxy groups -OCH3 is 1. The van der Waals surface area contributed by atoms with Crippen molar-refractivity contribution in [3.8, 4) is 23.0 Å². The van der Waals surface area contributed by atoms with Crippen molar-refractivity contribution in [2.75, 3.05) is 33.6 Å². The Kier molecular flexibility index (Phi) is 11.3. The lowest BCUT2D eigenvalue weighted by Gasteiger charge is -2.34. The van der Waals surface area contributed by atoms with Gasteiger partial charge in [-0.25, -0.2) is 9.18 Å². The number of halogens is 1. The first-order valence-corrected chi connectivity index (χ1v) is 14.7. The molecule has 3 aromatic carbocycles. The molecular formula is C34H41FN2O7. The van der Waals surface area contributed by atoms with Crippen LogP contribution in [0.3, 0.4) is 0 Å². The number of hydrogen-bond acceptors (Lipinski definition) is 7. The number of piperidine rings is 1. The highest BCUT2D eigenvalue weighted by Gasteiger charge is 2.28. The number of carbonyl (C=O) groups excluding carboxylic acids is 2. The Morgan fingerprint density at radius 2 is 1.73 bits per heavy atom. The fraction of sp³-hybridized carbons (Fsp3) is 0.412. The average molecular weight is 609 g/mol. The lowest BCUT2D eigenvalue weighted by molar-refractivity contribution is -0.120. The molecule has 2 amide bonds. The number of amides is 2. The van der Waals surface area contributed by atoms with E-state index in [1.165, 1.54) is 6.07 Å². The monoisotopic (exact) mass is 608 g/mol. The van der Waals surface area contributed by atoms with Gasteiger partial charge in [-0.05, 0) is 63.4 Å². The Labute approximate surface area is 258 Å². The van der Waals surface area contributed by atoms with Crippen molar-refractivity contribution in [1.82, 2.24) is 10.2 Å². The predicted molar refractivity (Wildman–Crippen MR) is 164 cm³/mol. The van der Waals surface area contributed by atoms with Gasteiger partial charge in [0.1, 0.15) is 22.9 Å². The fourth-order valence-electron chi connectivity index (χ4n) is 4.79. The van der Waals surface area contributed by atoms with Gasteiger partial charge >= 0.3 is 6.09 Å². The van der Waals surface area contributed by atoms with Crippen molar-refractivity contribution in [1.29, 1.82) is 0 Å². The van der Waals surface area contributed by atoms with Crippen molar-refractivity contribution in [2.24, 2.45) is 5.92 Å². The van der Waals surface area contributed by atoms with E-state index in [0.717, 1.165) is 42.2 Å². The van der Waals surface area contributed by atoms with Gasteiger partial charge in [0.05, 0.1) is 20.1 Å². The average Bonchev–Trinajstić information content (AvgIpc) is 3.48. The lowest BCUT2D eigenvalue weighted by Crippen LogP contribution is -2.44. The number of carbonyl (C=O) groups is 2. The van der Waals surface area contributed by atoms with Gasteiger partial charge in [-0.1, -0.05) is 36.4 Å². The SMILES string of the molecule is CC(C)(C)OC(=O)N1CCCC(COc2ccc3c(c2)OCO3)C1.COc1ccccc1CNC(=O)Cc1ccccc1F. The second-order valence-electron chi connectivity index (χ2n) is 11.6. The molecule has 1 atom stereocenters. The highest BCUT2D eigenvalue weighted by Crippen LogP contribution is 2.35. The summed E-state index contributed by atoms with van der Waals surface area (Å²) in [6.07, 6.45) is 1.80. The summed E-state index contributed by atoms with van der Waals surface area (Å²) in [7, 11) is 1.58. The molecule has 236 valence electrons. The quantitative estimate of drug-likeness (QED) is 0.329. The number of nitrogens with zero attached hydrogens (tertiary/aromatic N) is 1. The molecule has 1 saturated heterocycles. The number of nitrogens with one attached hydrogen (secondary N) is 1. The molecule has 10 heteroatoms. The van der Waals surface area contributed by atoms with E-state index in [2.05, 4.69) is 5.32 Å². The van der Waals surface area contributed by atoms with Gasteiger partial charge in [-0.2, -0.15) is 0 Å². The molecule has 0 radical (unpaired) electrons.